The van der Waals surface area contributed by atoms with Crippen LogP contribution in [0.2, 0.25) is 0 Å². The third-order valence-electron chi connectivity index (χ3n) is 26.0. The summed E-state index contributed by atoms with van der Waals surface area (Å²) in [6, 6.07) is 48.6. The van der Waals surface area contributed by atoms with E-state index in [1.54, 1.807) is 51.0 Å². The highest BCUT2D eigenvalue weighted by Gasteiger charge is 2.50. The van der Waals surface area contributed by atoms with E-state index in [0.717, 1.165) is 202 Å². The minimum absolute atomic E-state index is 0.0391. The van der Waals surface area contributed by atoms with Crippen LogP contribution in [-0.4, -0.2) is 164 Å². The number of rotatable bonds is 27. The van der Waals surface area contributed by atoms with Crippen LogP contribution in [0.15, 0.2) is 158 Å². The van der Waals surface area contributed by atoms with Gasteiger partial charge in [-0.3, -0.25) is 29.1 Å². The maximum atomic E-state index is 13.4. The zero-order valence-electron chi connectivity index (χ0n) is 73.9. The molecule has 0 spiro atoms. The summed E-state index contributed by atoms with van der Waals surface area (Å²) in [7, 11) is 4.90. The number of carbonyl (C=O) groups is 6. The predicted octanol–water partition coefficient (Wildman–Crippen LogP) is 19.1. The summed E-state index contributed by atoms with van der Waals surface area (Å²) >= 11 is 0. The van der Waals surface area contributed by atoms with E-state index < -0.39 is 30.0 Å². The van der Waals surface area contributed by atoms with E-state index in [-0.39, 0.29) is 102 Å². The molecule has 27 heteroatoms. The van der Waals surface area contributed by atoms with Crippen molar-refractivity contribution in [1.29, 1.82) is 0 Å². The van der Waals surface area contributed by atoms with Crippen molar-refractivity contribution in [2.75, 3.05) is 95.1 Å². The first-order valence-electron chi connectivity index (χ1n) is 44.3. The Morgan fingerprint density at radius 1 is 0.386 bits per heavy atom. The normalized spacial score (nSPS) is 23.0. The van der Waals surface area contributed by atoms with Crippen molar-refractivity contribution in [3.05, 3.63) is 230 Å². The van der Waals surface area contributed by atoms with E-state index in [4.69, 9.17) is 57.6 Å². The Bertz CT molecular complexity index is 5620. The molecule has 9 heterocycles. The van der Waals surface area contributed by atoms with Gasteiger partial charge in [0, 0.05) is 72.6 Å². The summed E-state index contributed by atoms with van der Waals surface area (Å²) in [4.78, 5) is 104. The van der Waals surface area contributed by atoms with Crippen LogP contribution >= 0.6 is 0 Å². The highest BCUT2D eigenvalue weighted by atomic mass is 19.4. The van der Waals surface area contributed by atoms with E-state index in [1.165, 1.54) is 11.0 Å². The van der Waals surface area contributed by atoms with Gasteiger partial charge in [-0.2, -0.15) is 13.2 Å². The molecular weight excluding hydrogens is 1620 g/mol. The van der Waals surface area contributed by atoms with Gasteiger partial charge in [0.15, 0.2) is 0 Å². The summed E-state index contributed by atoms with van der Waals surface area (Å²) in [5.74, 6) is 4.05. The smallest absolute Gasteiger partial charge is 0.416 e. The van der Waals surface area contributed by atoms with Crippen LogP contribution in [0, 0.1) is 38.5 Å². The highest BCUT2D eigenvalue weighted by molar-refractivity contribution is 5.83. The topological polar surface area (TPSA) is 244 Å². The maximum absolute atomic E-state index is 13.4. The van der Waals surface area contributed by atoms with Gasteiger partial charge in [0.1, 0.15) is 53.0 Å². The fourth-order valence-electron chi connectivity index (χ4n) is 18.3. The van der Waals surface area contributed by atoms with Crippen LogP contribution in [0.5, 0.6) is 17.2 Å². The number of alkyl halides is 3. The molecule has 24 nitrogen and oxygen atoms in total. The molecule has 6 aromatic carbocycles. The molecule has 18 rings (SSSR count). The molecule has 3 aromatic heterocycles. The van der Waals surface area contributed by atoms with Crippen LogP contribution in [0.3, 0.4) is 0 Å². The van der Waals surface area contributed by atoms with Crippen molar-refractivity contribution in [2.24, 2.45) is 17.8 Å². The Labute approximate surface area is 738 Å². The average molecular weight is 1740 g/mol. The van der Waals surface area contributed by atoms with E-state index in [1.807, 2.05) is 120 Å². The number of hydrogen-bond donors (Lipinski definition) is 0. The molecule has 0 unspecified atom stereocenters. The number of methoxy groups -OCH3 is 3. The number of ether oxygens (including phenoxy) is 9. The van der Waals surface area contributed by atoms with Crippen LogP contribution in [0.4, 0.5) is 45.0 Å². The minimum atomic E-state index is -4.51. The zero-order chi connectivity index (χ0) is 89.4. The number of benzene rings is 6. The van der Waals surface area contributed by atoms with Gasteiger partial charge >= 0.3 is 42.4 Å². The molecule has 6 saturated heterocycles. The van der Waals surface area contributed by atoms with Crippen LogP contribution in [0.25, 0.3) is 33.4 Å². The summed E-state index contributed by atoms with van der Waals surface area (Å²) in [6.07, 6.45) is -1.80. The lowest BCUT2D eigenvalue weighted by molar-refractivity contribution is -0.145. The maximum Gasteiger partial charge on any atom is 0.416 e. The standard InChI is InChI=1S/C34H39N3O5.C33H34F3N3O5.C33H37N3O5/c1-6-41-33(38)28-18-26(28)23-8-10-30(40-5)27(17-23)25-9-11-31(36-12-7-13-36)35-29(25)19-37-22(4)32(42-34(37)39)24-15-20(2)14-21(3)16-24;1-4-43-31(40)26-17-24(26)20-9-11-28(42-3)25(16-20)23-10-12-29(38-13-6-14-38)37-27(23)18-39-19(2)30(44-32(39)41)21-7-5-8-22(15-21)33(34,35)36;1-5-40-32(37)27-18-25(27)22-10-12-29(39-4)26(17-22)24-11-13-30(35-14-7-15-35)34-28(24)19-36-21(3)31(41-33(36)38)23-9-6-8-20(2)16-23/h8-11,14-17,22,26,28,32H,6-7,12-13,18-19H2,1-5H3;5,7-12,15-16,19,24,26,30H,4,6,13-14,17-18H2,1-3H3;6,8-13,16-17,21,25,27,31H,5,7,14-15,18-19H2,1-4H3/t22-,26-,28+,32-;19-,24-,26+,30-;21-,25-,27+,31-/m000/s1. The van der Waals surface area contributed by atoms with Crippen molar-refractivity contribution in [3.63, 3.8) is 0 Å². The van der Waals surface area contributed by atoms with Crippen LogP contribution < -0.4 is 28.9 Å². The number of nitrogens with zero attached hydrogens (tertiary/aromatic N) is 9. The van der Waals surface area contributed by atoms with Crippen LogP contribution in [0.1, 0.15) is 189 Å². The third kappa shape index (κ3) is 18.8. The first-order valence-corrected chi connectivity index (χ1v) is 44.3. The lowest BCUT2D eigenvalue weighted by Gasteiger charge is -2.33. The summed E-state index contributed by atoms with van der Waals surface area (Å²) in [6.45, 7) is 24.9. The van der Waals surface area contributed by atoms with E-state index in [2.05, 4.69) is 77.1 Å². The fraction of sp³-hybridized carbons (Fsp3) is 0.430. The number of aromatic nitrogens is 3. The van der Waals surface area contributed by atoms with Gasteiger partial charge in [-0.05, 0) is 237 Å². The van der Waals surface area contributed by atoms with Crippen molar-refractivity contribution in [1.82, 2.24) is 29.7 Å². The summed E-state index contributed by atoms with van der Waals surface area (Å²) < 4.78 is 90.8. The summed E-state index contributed by atoms with van der Waals surface area (Å²) in [5, 5.41) is 0. The molecule has 0 bridgehead atoms. The lowest BCUT2D eigenvalue weighted by atomic mass is 9.96. The number of carbonyl (C=O) groups excluding carboxylic acids is 6. The minimum Gasteiger partial charge on any atom is -0.496 e. The third-order valence-corrected chi connectivity index (χ3v) is 26.0. The Kier molecular flexibility index (Phi) is 25.8. The molecule has 127 heavy (non-hydrogen) atoms. The molecule has 9 aromatic rings. The number of amides is 3. The highest BCUT2D eigenvalue weighted by Crippen LogP contribution is 2.54. The Morgan fingerprint density at radius 2 is 0.709 bits per heavy atom. The SMILES string of the molecule is CCOC(=O)[C@@H]1C[C@H]1c1ccc(OC)c(-c2ccc(N3CCC3)nc2CN2C(=O)O[C@H](c3cc(C)cc(C)c3)[C@@H]2C)c1.CCOC(=O)[C@@H]1C[C@H]1c1ccc(OC)c(-c2ccc(N3CCC3)nc2CN2C(=O)O[C@H](c3cccc(C(F)(F)F)c3)[C@@H]2C)c1.CCOC(=O)[C@@H]1C[C@H]1c1ccc(OC)c(-c2ccc(N3CCC3)nc2CN2C(=O)O[C@H](c3cccc(C)c3)[C@@H]2C)c1. The monoisotopic (exact) mass is 1730 g/mol. The fourth-order valence-corrected chi connectivity index (χ4v) is 18.3. The second-order valence-corrected chi connectivity index (χ2v) is 34.5. The number of cyclic esters (lactones) is 3. The first-order chi connectivity index (χ1) is 61.2. The molecule has 6 aliphatic heterocycles. The van der Waals surface area contributed by atoms with Crippen LogP contribution in [-0.2, 0) is 68.6 Å². The molecule has 0 radical (unpaired) electrons. The van der Waals surface area contributed by atoms with Gasteiger partial charge in [0.2, 0.25) is 0 Å². The largest absolute Gasteiger partial charge is 0.496 e. The van der Waals surface area contributed by atoms with E-state index in [9.17, 15) is 41.9 Å². The van der Waals surface area contributed by atoms with Gasteiger partial charge in [-0.1, -0.05) is 89.5 Å². The molecule has 3 aliphatic carbocycles. The van der Waals surface area contributed by atoms with Crippen molar-refractivity contribution in [2.45, 2.75) is 181 Å². The van der Waals surface area contributed by atoms with Crippen molar-refractivity contribution >= 4 is 53.6 Å². The molecule has 0 N–H and O–H groups in total. The number of hydrogen-bond acceptors (Lipinski definition) is 21. The van der Waals surface area contributed by atoms with E-state index in [0.29, 0.717) is 50.8 Å². The molecule has 666 valence electrons. The lowest BCUT2D eigenvalue weighted by Crippen LogP contribution is -2.38. The number of esters is 3. The van der Waals surface area contributed by atoms with E-state index >= 15 is 0 Å². The predicted molar refractivity (Wildman–Crippen MR) is 473 cm³/mol. The van der Waals surface area contributed by atoms with Gasteiger partial charge in [-0.25, -0.2) is 29.3 Å². The van der Waals surface area contributed by atoms with Gasteiger partial charge in [0.25, 0.3) is 0 Å². The molecule has 3 amide bonds. The molecule has 9 aliphatic rings. The Balaban J connectivity index is 0.000000140. The number of anilines is 3. The quantitative estimate of drug-likeness (QED) is 0.0343. The average Bonchev–Trinajstić information content (AvgIpc) is 1.67. The van der Waals surface area contributed by atoms with Crippen molar-refractivity contribution < 1.29 is 84.6 Å². The molecular formula is C100H110F3N9O15. The van der Waals surface area contributed by atoms with Crippen molar-refractivity contribution in [3.8, 4) is 50.6 Å². The second-order valence-electron chi connectivity index (χ2n) is 34.5. The second kappa shape index (κ2) is 37.3. The number of aryl methyl sites for hydroxylation is 3. The Hall–Kier alpha value is -12.4. The van der Waals surface area contributed by atoms with Gasteiger partial charge in [-0.15, -0.1) is 0 Å². The number of halogens is 3. The zero-order valence-corrected chi connectivity index (χ0v) is 73.9. The molecule has 3 saturated carbocycles. The molecule has 9 fully saturated rings. The van der Waals surface area contributed by atoms with Gasteiger partial charge < -0.3 is 57.3 Å². The van der Waals surface area contributed by atoms with Gasteiger partial charge in [0.05, 0.1) is 119 Å². The first kappa shape index (κ1) is 88.0. The molecule has 12 atom stereocenters. The number of pyridine rings is 3. The summed E-state index contributed by atoms with van der Waals surface area (Å²) in [5.41, 5.74) is 15.3. The Morgan fingerprint density at radius 3 is 1.02 bits per heavy atom.